The molecular weight excluding hydrogens is 176 g/mol. The summed E-state index contributed by atoms with van der Waals surface area (Å²) in [5, 5.41) is 0. The van der Waals surface area contributed by atoms with Crippen LogP contribution in [-0.4, -0.2) is 18.8 Å². The van der Waals surface area contributed by atoms with Crippen molar-refractivity contribution in [3.63, 3.8) is 0 Å². The summed E-state index contributed by atoms with van der Waals surface area (Å²) in [6.45, 7) is 7.32. The van der Waals surface area contributed by atoms with E-state index >= 15 is 0 Å². The Balaban J connectivity index is 0. The first-order valence-corrected chi connectivity index (χ1v) is 4.79. The molecule has 1 unspecified atom stereocenters. The van der Waals surface area contributed by atoms with Gasteiger partial charge in [0.05, 0.1) is 13.0 Å². The van der Waals surface area contributed by atoms with Crippen LogP contribution in [0.1, 0.15) is 40.5 Å². The van der Waals surface area contributed by atoms with Gasteiger partial charge in [-0.2, -0.15) is 8.78 Å². The highest BCUT2D eigenvalue weighted by molar-refractivity contribution is 4.64. The quantitative estimate of drug-likeness (QED) is 0.735. The molecule has 4 heteroatoms. The monoisotopic (exact) mass is 197 g/mol. The van der Waals surface area contributed by atoms with Crippen molar-refractivity contribution < 1.29 is 13.5 Å². The summed E-state index contributed by atoms with van der Waals surface area (Å²) < 4.78 is 29.3. The van der Waals surface area contributed by atoms with E-state index < -0.39 is 18.6 Å². The van der Waals surface area contributed by atoms with Crippen molar-refractivity contribution in [2.45, 2.75) is 52.7 Å². The number of hydrogen-bond acceptors (Lipinski definition) is 2. The Bertz CT molecular complexity index is 110. The lowest BCUT2D eigenvalue weighted by atomic mass is 10.1. The van der Waals surface area contributed by atoms with Crippen LogP contribution in [-0.2, 0) is 4.74 Å². The number of hydrogen-bond donors (Lipinski definition) is 1. The summed E-state index contributed by atoms with van der Waals surface area (Å²) in [5.74, 6) is 0. The highest BCUT2D eigenvalue weighted by Crippen LogP contribution is 2.21. The van der Waals surface area contributed by atoms with E-state index in [1.54, 1.807) is 6.92 Å². The van der Waals surface area contributed by atoms with E-state index in [1.165, 1.54) is 6.92 Å². The lowest BCUT2D eigenvalue weighted by molar-refractivity contribution is -0.241. The van der Waals surface area contributed by atoms with Gasteiger partial charge >= 0.3 is 6.11 Å². The molecule has 0 saturated heterocycles. The minimum Gasteiger partial charge on any atom is -0.327 e. The number of nitrogens with two attached hydrogens (primary N) is 1. The van der Waals surface area contributed by atoms with Crippen LogP contribution in [0.5, 0.6) is 0 Å². The lowest BCUT2D eigenvalue weighted by Crippen LogP contribution is -2.31. The van der Waals surface area contributed by atoms with Crippen LogP contribution in [0.2, 0.25) is 0 Å². The maximum absolute atomic E-state index is 12.6. The fourth-order valence-electron chi connectivity index (χ4n) is 0.720. The minimum absolute atomic E-state index is 0.0173. The predicted octanol–water partition coefficient (Wildman–Crippen LogP) is 2.77. The van der Waals surface area contributed by atoms with Gasteiger partial charge in [0.15, 0.2) is 0 Å². The van der Waals surface area contributed by atoms with Crippen LogP contribution in [0.25, 0.3) is 0 Å². The Hall–Kier alpha value is -0.220. The Labute approximate surface area is 79.4 Å². The zero-order valence-electron chi connectivity index (χ0n) is 8.94. The summed E-state index contributed by atoms with van der Waals surface area (Å²) >= 11 is 0. The average molecular weight is 197 g/mol. The molecule has 0 saturated carbocycles. The SMILES string of the molecule is CC.CCOC(F)(F)CC(N)CC. The van der Waals surface area contributed by atoms with Crippen LogP contribution in [0.15, 0.2) is 0 Å². The van der Waals surface area contributed by atoms with Gasteiger partial charge in [-0.25, -0.2) is 0 Å². The molecule has 0 fully saturated rings. The number of alkyl halides is 2. The van der Waals surface area contributed by atoms with Gasteiger partial charge in [-0.05, 0) is 13.3 Å². The molecule has 0 aromatic rings. The summed E-state index contributed by atoms with van der Waals surface area (Å²) in [7, 11) is 0. The molecule has 0 aromatic heterocycles. The van der Waals surface area contributed by atoms with Crippen molar-refractivity contribution in [3.8, 4) is 0 Å². The van der Waals surface area contributed by atoms with E-state index in [0.29, 0.717) is 6.42 Å². The molecule has 0 aromatic carbocycles. The van der Waals surface area contributed by atoms with Crippen molar-refractivity contribution in [2.75, 3.05) is 6.61 Å². The molecule has 0 aliphatic heterocycles. The van der Waals surface area contributed by atoms with Crippen molar-refractivity contribution >= 4 is 0 Å². The second-order valence-corrected chi connectivity index (χ2v) is 2.44. The highest BCUT2D eigenvalue weighted by Gasteiger charge is 2.31. The van der Waals surface area contributed by atoms with Crippen LogP contribution >= 0.6 is 0 Å². The van der Waals surface area contributed by atoms with E-state index in [-0.39, 0.29) is 6.61 Å². The first kappa shape index (κ1) is 15.3. The predicted molar refractivity (Wildman–Crippen MR) is 50.8 cm³/mol. The summed E-state index contributed by atoms with van der Waals surface area (Å²) in [6.07, 6.45) is -2.90. The summed E-state index contributed by atoms with van der Waals surface area (Å²) in [6, 6.07) is -0.475. The standard InChI is InChI=1S/C7H15F2NO.C2H6/c1-3-6(10)5-7(8,9)11-4-2;1-2/h6H,3-5,10H2,1-2H3;1-2H3. The highest BCUT2D eigenvalue weighted by atomic mass is 19.3. The molecule has 0 radical (unpaired) electrons. The Morgan fingerprint density at radius 1 is 1.31 bits per heavy atom. The number of rotatable bonds is 5. The van der Waals surface area contributed by atoms with Gasteiger partial charge in [0.25, 0.3) is 0 Å². The second-order valence-electron chi connectivity index (χ2n) is 2.44. The molecule has 0 spiro atoms. The van der Waals surface area contributed by atoms with Crippen LogP contribution in [0.4, 0.5) is 8.78 Å². The van der Waals surface area contributed by atoms with Gasteiger partial charge in [-0.1, -0.05) is 20.8 Å². The maximum Gasteiger partial charge on any atom is 0.357 e. The first-order chi connectivity index (χ1) is 6.02. The normalized spacial score (nSPS) is 13.2. The van der Waals surface area contributed by atoms with E-state index in [0.717, 1.165) is 0 Å². The molecular formula is C9H21F2NO. The topological polar surface area (TPSA) is 35.2 Å². The van der Waals surface area contributed by atoms with Gasteiger partial charge < -0.3 is 10.5 Å². The smallest absolute Gasteiger partial charge is 0.327 e. The summed E-state index contributed by atoms with van der Waals surface area (Å²) in [5.41, 5.74) is 5.33. The van der Waals surface area contributed by atoms with Crippen molar-refractivity contribution in [3.05, 3.63) is 0 Å². The third kappa shape index (κ3) is 9.70. The maximum atomic E-state index is 12.6. The number of ether oxygens (including phenoxy) is 1. The largest absolute Gasteiger partial charge is 0.357 e. The minimum atomic E-state index is -3.05. The van der Waals surface area contributed by atoms with E-state index in [1.807, 2.05) is 13.8 Å². The molecule has 1 atom stereocenters. The molecule has 2 N–H and O–H groups in total. The van der Waals surface area contributed by atoms with Gasteiger partial charge in [0, 0.05) is 6.04 Å². The number of halogens is 2. The fourth-order valence-corrected chi connectivity index (χ4v) is 0.720. The third-order valence-corrected chi connectivity index (χ3v) is 1.38. The Kier molecular flexibility index (Phi) is 9.84. The Morgan fingerprint density at radius 3 is 2.08 bits per heavy atom. The molecule has 0 rings (SSSR count). The second kappa shape index (κ2) is 8.38. The van der Waals surface area contributed by atoms with Crippen LogP contribution < -0.4 is 5.73 Å². The molecule has 0 bridgehead atoms. The molecule has 0 heterocycles. The molecule has 0 amide bonds. The lowest BCUT2D eigenvalue weighted by Gasteiger charge is -2.18. The van der Waals surface area contributed by atoms with Crippen LogP contribution in [0.3, 0.4) is 0 Å². The van der Waals surface area contributed by atoms with E-state index in [9.17, 15) is 8.78 Å². The van der Waals surface area contributed by atoms with Crippen molar-refractivity contribution in [1.29, 1.82) is 0 Å². The summed E-state index contributed by atoms with van der Waals surface area (Å²) in [4.78, 5) is 0. The van der Waals surface area contributed by atoms with Gasteiger partial charge in [0.2, 0.25) is 0 Å². The van der Waals surface area contributed by atoms with Crippen molar-refractivity contribution in [2.24, 2.45) is 5.73 Å². The fraction of sp³-hybridized carbons (Fsp3) is 1.00. The molecule has 82 valence electrons. The molecule has 0 aliphatic carbocycles. The van der Waals surface area contributed by atoms with Gasteiger partial charge in [0.1, 0.15) is 0 Å². The molecule has 13 heavy (non-hydrogen) atoms. The van der Waals surface area contributed by atoms with Gasteiger partial charge in [-0.15, -0.1) is 0 Å². The van der Waals surface area contributed by atoms with E-state index in [4.69, 9.17) is 5.73 Å². The molecule has 0 aliphatic rings. The first-order valence-electron chi connectivity index (χ1n) is 4.79. The zero-order valence-corrected chi connectivity index (χ0v) is 8.94. The average Bonchev–Trinajstić information content (AvgIpc) is 2.07. The van der Waals surface area contributed by atoms with Crippen molar-refractivity contribution in [1.82, 2.24) is 0 Å². The molecule has 2 nitrogen and oxygen atoms in total. The van der Waals surface area contributed by atoms with E-state index in [2.05, 4.69) is 4.74 Å². The third-order valence-electron chi connectivity index (χ3n) is 1.38. The Morgan fingerprint density at radius 2 is 1.77 bits per heavy atom. The van der Waals surface area contributed by atoms with Gasteiger partial charge in [-0.3, -0.25) is 0 Å². The zero-order chi connectivity index (χ0) is 10.9. The van der Waals surface area contributed by atoms with Crippen LogP contribution in [0, 0.1) is 0 Å².